The molecule has 0 saturated carbocycles. The van der Waals surface area contributed by atoms with Crippen molar-refractivity contribution in [3.05, 3.63) is 59.4 Å². The number of ketones is 1. The van der Waals surface area contributed by atoms with Crippen molar-refractivity contribution in [2.24, 2.45) is 0 Å². The van der Waals surface area contributed by atoms with Gasteiger partial charge in [-0.15, -0.1) is 0 Å². The monoisotopic (exact) mass is 286 g/mol. The van der Waals surface area contributed by atoms with E-state index in [1.54, 1.807) is 30.3 Å². The largest absolute Gasteiger partial charge is 0.479 e. The van der Waals surface area contributed by atoms with Crippen LogP contribution in [0, 0.1) is 0 Å². The second-order valence-electron chi connectivity index (χ2n) is 4.51. The third-order valence-electron chi connectivity index (χ3n) is 2.99. The quantitative estimate of drug-likeness (QED) is 0.729. The Balaban J connectivity index is 2.19. The number of carboxylic acid groups (broad SMARTS) is 1. The average Bonchev–Trinajstić information content (AvgIpc) is 2.95. The van der Waals surface area contributed by atoms with Crippen LogP contribution >= 0.6 is 0 Å². The fraction of sp³-hybridized carbons (Fsp3) is 0.133. The Morgan fingerprint density at radius 1 is 1.19 bits per heavy atom. The van der Waals surface area contributed by atoms with Crippen molar-refractivity contribution in [2.75, 3.05) is 0 Å². The fourth-order valence-corrected chi connectivity index (χ4v) is 1.87. The molecule has 1 heterocycles. The number of Topliss-reactive ketones (excluding diaryl/α,β-unsaturated/α-hetero) is 1. The lowest BCUT2D eigenvalue weighted by molar-refractivity contribution is -0.139. The molecule has 108 valence electrons. The molecule has 0 bridgehead atoms. The maximum atomic E-state index is 12.1. The molecule has 0 spiro atoms. The topological polar surface area (TPSA) is 99.3 Å². The summed E-state index contributed by atoms with van der Waals surface area (Å²) in [7, 11) is 0. The highest BCUT2D eigenvalue weighted by Gasteiger charge is 2.23. The van der Waals surface area contributed by atoms with Crippen molar-refractivity contribution in [2.45, 2.75) is 13.0 Å². The van der Waals surface area contributed by atoms with Crippen LogP contribution in [0.25, 0.3) is 0 Å². The lowest BCUT2D eigenvalue weighted by Gasteiger charge is -2.14. The molecule has 21 heavy (non-hydrogen) atoms. The lowest BCUT2D eigenvalue weighted by Crippen LogP contribution is -2.33. The summed E-state index contributed by atoms with van der Waals surface area (Å²) in [6.45, 7) is 1.38. The van der Waals surface area contributed by atoms with Crippen LogP contribution in [0.3, 0.4) is 0 Å². The van der Waals surface area contributed by atoms with Crippen molar-refractivity contribution in [1.29, 1.82) is 0 Å². The molecular weight excluding hydrogens is 272 g/mol. The van der Waals surface area contributed by atoms with Crippen molar-refractivity contribution in [3.8, 4) is 0 Å². The predicted molar refractivity (Wildman–Crippen MR) is 75.1 cm³/mol. The molecule has 0 radical (unpaired) electrons. The van der Waals surface area contributed by atoms with Gasteiger partial charge in [0.2, 0.25) is 0 Å². The van der Waals surface area contributed by atoms with E-state index in [0.29, 0.717) is 11.1 Å². The van der Waals surface area contributed by atoms with Gasteiger partial charge in [0.05, 0.1) is 0 Å². The van der Waals surface area contributed by atoms with Gasteiger partial charge in [0, 0.05) is 11.8 Å². The molecule has 0 unspecified atom stereocenters. The molecule has 0 aliphatic heterocycles. The molecule has 0 aliphatic rings. The first-order valence-electron chi connectivity index (χ1n) is 6.27. The second-order valence-corrected chi connectivity index (χ2v) is 4.51. The first-order valence-corrected chi connectivity index (χ1v) is 6.27. The molecule has 1 aromatic carbocycles. The summed E-state index contributed by atoms with van der Waals surface area (Å²) in [4.78, 5) is 37.2. The molecule has 6 nitrogen and oxygen atoms in total. The number of nitrogens with one attached hydrogen (secondary N) is 2. The number of rotatable bonds is 5. The minimum atomic E-state index is -1.16. The highest BCUT2D eigenvalue weighted by Crippen LogP contribution is 2.14. The van der Waals surface area contributed by atoms with Crippen molar-refractivity contribution >= 4 is 17.7 Å². The van der Waals surface area contributed by atoms with Crippen LogP contribution in [-0.4, -0.2) is 27.8 Å². The summed E-state index contributed by atoms with van der Waals surface area (Å²) in [6.07, 6.45) is 1.41. The van der Waals surface area contributed by atoms with Crippen LogP contribution < -0.4 is 5.32 Å². The van der Waals surface area contributed by atoms with Gasteiger partial charge < -0.3 is 15.4 Å². The molecule has 1 aromatic heterocycles. The van der Waals surface area contributed by atoms with E-state index in [1.807, 2.05) is 0 Å². The summed E-state index contributed by atoms with van der Waals surface area (Å²) in [5, 5.41) is 11.7. The van der Waals surface area contributed by atoms with Crippen LogP contribution in [-0.2, 0) is 4.79 Å². The van der Waals surface area contributed by atoms with E-state index >= 15 is 0 Å². The molecule has 0 fully saturated rings. The molecule has 0 aliphatic carbocycles. The zero-order valence-electron chi connectivity index (χ0n) is 11.3. The van der Waals surface area contributed by atoms with Gasteiger partial charge in [0.25, 0.3) is 5.91 Å². The number of benzene rings is 1. The first kappa shape index (κ1) is 14.5. The highest BCUT2D eigenvalue weighted by atomic mass is 16.4. The number of aliphatic carboxylic acids is 1. The number of aromatic amines is 1. The number of aromatic nitrogens is 1. The summed E-state index contributed by atoms with van der Waals surface area (Å²) in [5.74, 6) is -1.92. The number of amides is 1. The molecule has 0 saturated heterocycles. The van der Waals surface area contributed by atoms with Crippen molar-refractivity contribution < 1.29 is 19.5 Å². The van der Waals surface area contributed by atoms with Gasteiger partial charge in [-0.05, 0) is 18.6 Å². The van der Waals surface area contributed by atoms with E-state index in [4.69, 9.17) is 0 Å². The number of carbonyl (C=O) groups excluding carboxylic acids is 2. The van der Waals surface area contributed by atoms with Gasteiger partial charge in [-0.3, -0.25) is 9.59 Å². The molecule has 1 atom stereocenters. The van der Waals surface area contributed by atoms with E-state index in [9.17, 15) is 19.5 Å². The maximum absolute atomic E-state index is 12.1. The zero-order chi connectivity index (χ0) is 15.4. The Morgan fingerprint density at radius 2 is 1.86 bits per heavy atom. The van der Waals surface area contributed by atoms with Gasteiger partial charge >= 0.3 is 5.97 Å². The van der Waals surface area contributed by atoms with Crippen molar-refractivity contribution in [1.82, 2.24) is 10.3 Å². The lowest BCUT2D eigenvalue weighted by atomic mass is 10.1. The van der Waals surface area contributed by atoms with Crippen LogP contribution in [0.5, 0.6) is 0 Å². The van der Waals surface area contributed by atoms with Crippen LogP contribution in [0.2, 0.25) is 0 Å². The molecule has 2 aromatic rings. The van der Waals surface area contributed by atoms with E-state index in [-0.39, 0.29) is 11.5 Å². The average molecular weight is 286 g/mol. The Hall–Kier alpha value is -2.89. The molecular formula is C15H14N2O4. The molecule has 2 rings (SSSR count). The van der Waals surface area contributed by atoms with Gasteiger partial charge in [-0.2, -0.15) is 0 Å². The summed E-state index contributed by atoms with van der Waals surface area (Å²) in [5.41, 5.74) is 0.978. The number of H-pyrrole nitrogens is 1. The smallest absolute Gasteiger partial charge is 0.330 e. The van der Waals surface area contributed by atoms with Gasteiger partial charge in [0.15, 0.2) is 11.8 Å². The summed E-state index contributed by atoms with van der Waals surface area (Å²) >= 11 is 0. The maximum Gasteiger partial charge on any atom is 0.330 e. The standard InChI is InChI=1S/C15H14N2O4/c1-9(18)11-7-12(16-8-11)14(19)17-13(15(20)21)10-5-3-2-4-6-10/h2-8,13,16H,1H3,(H,17,19)(H,20,21)/t13-/m1/s1. The Kier molecular flexibility index (Phi) is 4.18. The minimum absolute atomic E-state index is 0.141. The number of carboxylic acids is 1. The summed E-state index contributed by atoms with van der Waals surface area (Å²) in [6, 6.07) is 8.63. The van der Waals surface area contributed by atoms with Gasteiger partial charge in [-0.25, -0.2) is 4.79 Å². The van der Waals surface area contributed by atoms with Crippen molar-refractivity contribution in [3.63, 3.8) is 0 Å². The Labute approximate surface area is 120 Å². The van der Waals surface area contributed by atoms with E-state index in [1.165, 1.54) is 19.2 Å². The fourth-order valence-electron chi connectivity index (χ4n) is 1.87. The van der Waals surface area contributed by atoms with Crippen LogP contribution in [0.1, 0.15) is 39.4 Å². The summed E-state index contributed by atoms with van der Waals surface area (Å²) < 4.78 is 0. The second kappa shape index (κ2) is 6.04. The van der Waals surface area contributed by atoms with Gasteiger partial charge in [0.1, 0.15) is 5.69 Å². The number of carbonyl (C=O) groups is 3. The Bertz CT molecular complexity index is 676. The third kappa shape index (κ3) is 3.36. The van der Waals surface area contributed by atoms with E-state index in [0.717, 1.165) is 0 Å². The minimum Gasteiger partial charge on any atom is -0.479 e. The highest BCUT2D eigenvalue weighted by molar-refractivity contribution is 6.00. The first-order chi connectivity index (χ1) is 9.99. The van der Waals surface area contributed by atoms with E-state index < -0.39 is 17.9 Å². The SMILES string of the molecule is CC(=O)c1c[nH]c(C(=O)N[C@@H](C(=O)O)c2ccccc2)c1. The van der Waals surface area contributed by atoms with Gasteiger partial charge in [-0.1, -0.05) is 30.3 Å². The zero-order valence-corrected chi connectivity index (χ0v) is 11.3. The number of hydrogen-bond donors (Lipinski definition) is 3. The molecule has 6 heteroatoms. The van der Waals surface area contributed by atoms with Crippen LogP contribution in [0.15, 0.2) is 42.6 Å². The van der Waals surface area contributed by atoms with E-state index in [2.05, 4.69) is 10.3 Å². The predicted octanol–water partition coefficient (Wildman–Crippen LogP) is 1.77. The number of hydrogen-bond acceptors (Lipinski definition) is 3. The molecule has 1 amide bonds. The third-order valence-corrected chi connectivity index (χ3v) is 2.99. The normalized spacial score (nSPS) is 11.7. The van der Waals surface area contributed by atoms with Crippen LogP contribution in [0.4, 0.5) is 0 Å². The Morgan fingerprint density at radius 3 is 2.38 bits per heavy atom. The molecule has 3 N–H and O–H groups in total.